The van der Waals surface area contributed by atoms with Gasteiger partial charge < -0.3 is 4.74 Å². The van der Waals surface area contributed by atoms with Crippen LogP contribution >= 0.6 is 0 Å². The molecule has 0 saturated carbocycles. The number of barbiturate groups is 1. The van der Waals surface area contributed by atoms with Crippen molar-refractivity contribution in [3.63, 3.8) is 0 Å². The number of anilines is 1. The first-order valence-electron chi connectivity index (χ1n) is 8.20. The minimum atomic E-state index is -0.862. The molecule has 0 spiro atoms. The van der Waals surface area contributed by atoms with Crippen molar-refractivity contribution in [2.24, 2.45) is 0 Å². The number of fused-ring (bicyclic) bond motifs is 1. The molecule has 1 saturated heterocycles. The van der Waals surface area contributed by atoms with Gasteiger partial charge in [0.15, 0.2) is 0 Å². The number of benzene rings is 1. The number of amides is 5. The molecule has 9 heteroatoms. The van der Waals surface area contributed by atoms with Gasteiger partial charge >= 0.3 is 12.0 Å². The third-order valence-corrected chi connectivity index (χ3v) is 4.38. The molecule has 1 aromatic rings. The van der Waals surface area contributed by atoms with E-state index < -0.39 is 35.3 Å². The van der Waals surface area contributed by atoms with Crippen LogP contribution in [0.4, 0.5) is 10.5 Å². The van der Waals surface area contributed by atoms with E-state index >= 15 is 0 Å². The van der Waals surface area contributed by atoms with Gasteiger partial charge in [0.25, 0.3) is 17.7 Å². The van der Waals surface area contributed by atoms with Crippen LogP contribution in [0.1, 0.15) is 12.5 Å². The number of carbonyl (C=O) groups is 5. The standard InChI is InChI=1S/C18H17N3O6/c1-4-27-12(22)9-21-11-8-6-5-7-10(11)13(17(21)25)14-15(23)19(2)18(26)20(3)16(14)24/h5-8H,4,9H2,1-3H3. The van der Waals surface area contributed by atoms with E-state index in [2.05, 4.69) is 0 Å². The van der Waals surface area contributed by atoms with Crippen LogP contribution in [0, 0.1) is 0 Å². The number of ether oxygens (including phenoxy) is 1. The molecule has 0 aliphatic carbocycles. The molecule has 0 aromatic heterocycles. The molecule has 1 aromatic carbocycles. The van der Waals surface area contributed by atoms with Crippen LogP contribution in [0.25, 0.3) is 5.57 Å². The summed E-state index contributed by atoms with van der Waals surface area (Å²) in [5.74, 6) is -3.01. The summed E-state index contributed by atoms with van der Waals surface area (Å²) >= 11 is 0. The van der Waals surface area contributed by atoms with Crippen molar-refractivity contribution in [1.29, 1.82) is 0 Å². The molecule has 2 heterocycles. The van der Waals surface area contributed by atoms with E-state index in [0.717, 1.165) is 14.7 Å². The number of likely N-dealkylation sites (N-methyl/N-ethyl adjacent to an activating group) is 2. The average molecular weight is 371 g/mol. The molecule has 140 valence electrons. The Bertz CT molecular complexity index is 893. The van der Waals surface area contributed by atoms with Crippen LogP contribution in [0.3, 0.4) is 0 Å². The first-order valence-corrected chi connectivity index (χ1v) is 8.20. The Labute approximate surface area is 154 Å². The fourth-order valence-electron chi connectivity index (χ4n) is 3.05. The Kier molecular flexibility index (Phi) is 4.52. The highest BCUT2D eigenvalue weighted by Gasteiger charge is 2.45. The highest BCUT2D eigenvalue weighted by molar-refractivity contribution is 6.44. The van der Waals surface area contributed by atoms with E-state index in [0.29, 0.717) is 11.3 Å². The Morgan fingerprint density at radius 2 is 1.52 bits per heavy atom. The molecule has 1 fully saturated rings. The summed E-state index contributed by atoms with van der Waals surface area (Å²) in [6.07, 6.45) is 0. The van der Waals surface area contributed by atoms with Crippen molar-refractivity contribution >= 4 is 41.0 Å². The van der Waals surface area contributed by atoms with E-state index in [9.17, 15) is 24.0 Å². The maximum absolute atomic E-state index is 13.0. The third-order valence-electron chi connectivity index (χ3n) is 4.38. The van der Waals surface area contributed by atoms with E-state index in [1.807, 2.05) is 0 Å². The zero-order valence-corrected chi connectivity index (χ0v) is 15.0. The zero-order chi connectivity index (χ0) is 19.9. The number of hydrogen-bond acceptors (Lipinski definition) is 6. The summed E-state index contributed by atoms with van der Waals surface area (Å²) < 4.78 is 4.89. The van der Waals surface area contributed by atoms with Crippen molar-refractivity contribution in [2.45, 2.75) is 6.92 Å². The number of hydrogen-bond donors (Lipinski definition) is 0. The zero-order valence-electron chi connectivity index (χ0n) is 15.0. The Hall–Kier alpha value is -3.49. The highest BCUT2D eigenvalue weighted by Crippen LogP contribution is 2.39. The van der Waals surface area contributed by atoms with Crippen LogP contribution in [0.5, 0.6) is 0 Å². The molecule has 0 radical (unpaired) electrons. The second-order valence-corrected chi connectivity index (χ2v) is 5.97. The molecule has 0 atom stereocenters. The van der Waals surface area contributed by atoms with Crippen molar-refractivity contribution in [2.75, 3.05) is 32.1 Å². The number of nitrogens with zero attached hydrogens (tertiary/aromatic N) is 3. The summed E-state index contributed by atoms with van der Waals surface area (Å²) in [5.41, 5.74) is 0.208. The number of imide groups is 2. The number of esters is 1. The summed E-state index contributed by atoms with van der Waals surface area (Å²) in [6, 6.07) is 5.73. The Morgan fingerprint density at radius 3 is 2.11 bits per heavy atom. The predicted octanol–water partition coefficient (Wildman–Crippen LogP) is 0.400. The third kappa shape index (κ3) is 2.77. The van der Waals surface area contributed by atoms with Gasteiger partial charge in [-0.05, 0) is 13.0 Å². The molecule has 3 rings (SSSR count). The minimum absolute atomic E-state index is 0.129. The Balaban J connectivity index is 2.16. The maximum atomic E-state index is 13.0. The molecule has 5 amide bonds. The smallest absolute Gasteiger partial charge is 0.333 e. The molecule has 2 aliphatic heterocycles. The average Bonchev–Trinajstić information content (AvgIpc) is 2.91. The van der Waals surface area contributed by atoms with E-state index in [4.69, 9.17) is 4.74 Å². The minimum Gasteiger partial charge on any atom is -0.465 e. The topological polar surface area (TPSA) is 104 Å². The van der Waals surface area contributed by atoms with Crippen molar-refractivity contribution in [3.05, 3.63) is 35.4 Å². The van der Waals surface area contributed by atoms with E-state index in [-0.39, 0.29) is 18.7 Å². The molecule has 0 unspecified atom stereocenters. The van der Waals surface area contributed by atoms with Crippen LogP contribution in [0.15, 0.2) is 29.8 Å². The first kappa shape index (κ1) is 18.3. The summed E-state index contributed by atoms with van der Waals surface area (Å²) in [6.45, 7) is 1.45. The monoisotopic (exact) mass is 371 g/mol. The number of carbonyl (C=O) groups excluding carboxylic acids is 5. The first-order chi connectivity index (χ1) is 12.8. The molecular formula is C18H17N3O6. The molecule has 0 bridgehead atoms. The SMILES string of the molecule is CCOC(=O)CN1C(=O)C(=C2C(=O)N(C)C(=O)N(C)C2=O)c2ccccc21. The quantitative estimate of drug-likeness (QED) is 0.433. The van der Waals surface area contributed by atoms with Crippen molar-refractivity contribution in [1.82, 2.24) is 9.80 Å². The second-order valence-electron chi connectivity index (χ2n) is 5.97. The van der Waals surface area contributed by atoms with Crippen LogP contribution in [0.2, 0.25) is 0 Å². The van der Waals surface area contributed by atoms with Gasteiger partial charge in [-0.15, -0.1) is 0 Å². The van der Waals surface area contributed by atoms with Gasteiger partial charge in [0, 0.05) is 19.7 Å². The molecular weight excluding hydrogens is 354 g/mol. The number of para-hydroxylation sites is 1. The summed E-state index contributed by atoms with van der Waals surface area (Å²) in [7, 11) is 2.46. The molecule has 2 aliphatic rings. The highest BCUT2D eigenvalue weighted by atomic mass is 16.5. The lowest BCUT2D eigenvalue weighted by Crippen LogP contribution is -2.53. The number of rotatable bonds is 3. The summed E-state index contributed by atoms with van der Waals surface area (Å²) in [5, 5.41) is 0. The normalized spacial score (nSPS) is 17.1. The lowest BCUT2D eigenvalue weighted by atomic mass is 9.98. The van der Waals surface area contributed by atoms with E-state index in [1.54, 1.807) is 31.2 Å². The van der Waals surface area contributed by atoms with E-state index in [1.165, 1.54) is 14.1 Å². The van der Waals surface area contributed by atoms with Crippen molar-refractivity contribution < 1.29 is 28.7 Å². The fraction of sp³-hybridized carbons (Fsp3) is 0.278. The Morgan fingerprint density at radius 1 is 0.926 bits per heavy atom. The lowest BCUT2D eigenvalue weighted by molar-refractivity contribution is -0.142. The molecule has 27 heavy (non-hydrogen) atoms. The van der Waals surface area contributed by atoms with Gasteiger partial charge in [0.2, 0.25) is 0 Å². The second kappa shape index (κ2) is 6.67. The van der Waals surface area contributed by atoms with Gasteiger partial charge in [-0.3, -0.25) is 33.9 Å². The van der Waals surface area contributed by atoms with Gasteiger partial charge in [-0.1, -0.05) is 18.2 Å². The van der Waals surface area contributed by atoms with Gasteiger partial charge in [0.05, 0.1) is 17.9 Å². The molecule has 9 nitrogen and oxygen atoms in total. The summed E-state index contributed by atoms with van der Waals surface area (Å²) in [4.78, 5) is 64.8. The van der Waals surface area contributed by atoms with Crippen LogP contribution < -0.4 is 4.90 Å². The molecule has 0 N–H and O–H groups in total. The lowest BCUT2D eigenvalue weighted by Gasteiger charge is -2.29. The van der Waals surface area contributed by atoms with Gasteiger partial charge in [-0.25, -0.2) is 4.79 Å². The fourth-order valence-corrected chi connectivity index (χ4v) is 3.05. The predicted molar refractivity (Wildman–Crippen MR) is 93.3 cm³/mol. The largest absolute Gasteiger partial charge is 0.465 e. The van der Waals surface area contributed by atoms with Crippen LogP contribution in [-0.4, -0.2) is 66.8 Å². The van der Waals surface area contributed by atoms with Crippen molar-refractivity contribution in [3.8, 4) is 0 Å². The van der Waals surface area contributed by atoms with Gasteiger partial charge in [0.1, 0.15) is 12.1 Å². The number of urea groups is 1. The maximum Gasteiger partial charge on any atom is 0.333 e. The van der Waals surface area contributed by atoms with Crippen LogP contribution in [-0.2, 0) is 23.9 Å². The van der Waals surface area contributed by atoms with Gasteiger partial charge in [-0.2, -0.15) is 0 Å².